The number of hydrogen-bond acceptors (Lipinski definition) is 14. The molecule has 4 aromatic carbocycles. The lowest BCUT2D eigenvalue weighted by molar-refractivity contribution is -0.121. The van der Waals surface area contributed by atoms with E-state index in [4.69, 9.17) is 28.4 Å². The fraction of sp³-hybridized carbons (Fsp3) is 0.292. The number of hydrazone groups is 2. The maximum absolute atomic E-state index is 14.1. The van der Waals surface area contributed by atoms with E-state index in [-0.39, 0.29) is 48.9 Å². The number of rotatable bonds is 22. The number of fused-ring (bicyclic) bond motifs is 2. The first-order valence-corrected chi connectivity index (χ1v) is 22.2. The van der Waals surface area contributed by atoms with Crippen LogP contribution in [0.3, 0.4) is 0 Å². The molecule has 0 spiro atoms. The van der Waals surface area contributed by atoms with Crippen LogP contribution in [-0.2, 0) is 19.1 Å². The summed E-state index contributed by atoms with van der Waals surface area (Å²) < 4.78 is 60.3. The van der Waals surface area contributed by atoms with Crippen LogP contribution in [0.25, 0.3) is 20.2 Å². The van der Waals surface area contributed by atoms with Gasteiger partial charge in [0.2, 0.25) is 11.8 Å². The number of benzene rings is 4. The summed E-state index contributed by atoms with van der Waals surface area (Å²) in [6.07, 6.45) is 0.821. The highest BCUT2D eigenvalue weighted by Gasteiger charge is 2.18. The summed E-state index contributed by atoms with van der Waals surface area (Å²) in [6, 6.07) is 19.4. The minimum Gasteiger partial charge on any atom is -0.493 e. The van der Waals surface area contributed by atoms with Crippen LogP contribution in [0.2, 0.25) is 0 Å². The lowest BCUT2D eigenvalue weighted by atomic mass is 10.1. The lowest BCUT2D eigenvalue weighted by Crippen LogP contribution is -2.21. The van der Waals surface area contributed by atoms with Crippen molar-refractivity contribution in [2.24, 2.45) is 10.2 Å². The van der Waals surface area contributed by atoms with Gasteiger partial charge in [0.05, 0.1) is 62.5 Å². The molecule has 6 aromatic rings. The standard InChI is InChI=1S/2C24H25FN2O5S/c2*1-30-12-11-19(17-14-33-24-16(17)5-4-6-18(24)25)26-27-23(29)10-8-20(28)15-7-9-21(31-2)22(13-15)32-3/h2*4-7,9,13-14H,8,10-12H2,1-3H3,(H,27,29)/b26-19+;26-19-. The number of hydrogen-bond donors (Lipinski definition) is 2. The van der Waals surface area contributed by atoms with Gasteiger partial charge >= 0.3 is 0 Å². The molecule has 0 aliphatic rings. The molecule has 0 unspecified atom stereocenters. The van der Waals surface area contributed by atoms with Crippen molar-refractivity contribution in [2.75, 3.05) is 55.9 Å². The molecule has 348 valence electrons. The van der Waals surface area contributed by atoms with Crippen molar-refractivity contribution in [3.63, 3.8) is 0 Å². The van der Waals surface area contributed by atoms with Crippen molar-refractivity contribution in [1.82, 2.24) is 10.9 Å². The number of halogens is 2. The Bertz CT molecular complexity index is 2530. The first-order chi connectivity index (χ1) is 32.0. The first-order valence-electron chi connectivity index (χ1n) is 20.5. The molecule has 14 nitrogen and oxygen atoms in total. The maximum atomic E-state index is 14.1. The highest BCUT2D eigenvalue weighted by molar-refractivity contribution is 7.18. The summed E-state index contributed by atoms with van der Waals surface area (Å²) in [7, 11) is 9.15. The van der Waals surface area contributed by atoms with Crippen molar-refractivity contribution in [3.8, 4) is 23.0 Å². The number of ketones is 2. The smallest absolute Gasteiger partial charge is 0.240 e. The van der Waals surface area contributed by atoms with Crippen molar-refractivity contribution < 1.29 is 56.4 Å². The van der Waals surface area contributed by atoms with E-state index in [2.05, 4.69) is 21.1 Å². The molecule has 0 radical (unpaired) electrons. The van der Waals surface area contributed by atoms with E-state index in [1.807, 2.05) is 22.9 Å². The average Bonchev–Trinajstić information content (AvgIpc) is 3.99. The molecule has 0 saturated heterocycles. The zero-order valence-corrected chi connectivity index (χ0v) is 38.9. The second-order valence-electron chi connectivity index (χ2n) is 14.2. The molecule has 0 saturated carbocycles. The Morgan fingerprint density at radius 3 is 1.27 bits per heavy atom. The van der Waals surface area contributed by atoms with Crippen molar-refractivity contribution in [1.29, 1.82) is 0 Å². The second-order valence-corrected chi connectivity index (χ2v) is 15.9. The molecule has 2 amide bonds. The van der Waals surface area contributed by atoms with Crippen molar-refractivity contribution in [2.45, 2.75) is 38.5 Å². The van der Waals surface area contributed by atoms with E-state index < -0.39 is 11.8 Å². The summed E-state index contributed by atoms with van der Waals surface area (Å²) in [5, 5.41) is 13.6. The largest absolute Gasteiger partial charge is 0.493 e. The lowest BCUT2D eigenvalue weighted by Gasteiger charge is -2.09. The molecule has 2 N–H and O–H groups in total. The van der Waals surface area contributed by atoms with Crippen LogP contribution in [0.1, 0.15) is 70.4 Å². The predicted molar refractivity (Wildman–Crippen MR) is 252 cm³/mol. The van der Waals surface area contributed by atoms with Crippen molar-refractivity contribution >= 4 is 77.7 Å². The molecule has 66 heavy (non-hydrogen) atoms. The van der Waals surface area contributed by atoms with Gasteiger partial charge in [-0.1, -0.05) is 24.3 Å². The normalized spacial score (nSPS) is 11.5. The number of amides is 2. The molecule has 0 fully saturated rings. The van der Waals surface area contributed by atoms with E-state index in [1.54, 1.807) is 62.8 Å². The SMILES string of the molecule is COCC/C(=N/NC(=O)CCC(=O)c1ccc(OC)c(OC)c1)c1csc2c(F)cccc12.COCC/C(=N\NC(=O)CCC(=O)c1ccc(OC)c(OC)c1)c1csc2c(F)cccc12. The van der Waals surface area contributed by atoms with E-state index in [0.29, 0.717) is 81.0 Å². The Kier molecular flexibility index (Phi) is 19.2. The minimum absolute atomic E-state index is 0.0107. The number of ether oxygens (including phenoxy) is 6. The van der Waals surface area contributed by atoms with Gasteiger partial charge in [0.1, 0.15) is 11.6 Å². The van der Waals surface area contributed by atoms with Crippen molar-refractivity contribution in [3.05, 3.63) is 117 Å². The summed E-state index contributed by atoms with van der Waals surface area (Å²) >= 11 is 2.56. The zero-order valence-electron chi connectivity index (χ0n) is 37.3. The minimum atomic E-state index is -0.399. The van der Waals surface area contributed by atoms with Gasteiger partial charge in [0.15, 0.2) is 34.6 Å². The van der Waals surface area contributed by atoms with E-state index >= 15 is 0 Å². The van der Waals surface area contributed by atoms with Gasteiger partial charge in [-0.15, -0.1) is 22.7 Å². The highest BCUT2D eigenvalue weighted by atomic mass is 32.1. The summed E-state index contributed by atoms with van der Waals surface area (Å²) in [6.45, 7) is 0.776. The molecule has 0 bridgehead atoms. The van der Waals surface area contributed by atoms with Crippen LogP contribution < -0.4 is 29.8 Å². The predicted octanol–water partition coefficient (Wildman–Crippen LogP) is 9.16. The van der Waals surface area contributed by atoms with Gasteiger partial charge < -0.3 is 28.4 Å². The topological polar surface area (TPSA) is 172 Å². The van der Waals surface area contributed by atoms with E-state index in [0.717, 1.165) is 21.9 Å². The number of nitrogens with zero attached hydrogens (tertiary/aromatic N) is 2. The first kappa shape index (κ1) is 50.4. The van der Waals surface area contributed by atoms with Crippen LogP contribution >= 0.6 is 22.7 Å². The van der Waals surface area contributed by atoms with Crippen LogP contribution in [0.4, 0.5) is 8.78 Å². The Balaban J connectivity index is 0.000000247. The van der Waals surface area contributed by atoms with Gasteiger partial charge in [-0.3, -0.25) is 19.2 Å². The molecule has 18 heteroatoms. The number of thiophene rings is 2. The molecule has 0 atom stereocenters. The number of nitrogens with one attached hydrogen (secondary N) is 2. The Morgan fingerprint density at radius 2 is 0.909 bits per heavy atom. The summed E-state index contributed by atoms with van der Waals surface area (Å²) in [5.41, 5.74) is 8.52. The summed E-state index contributed by atoms with van der Waals surface area (Å²) in [4.78, 5) is 49.7. The third-order valence-corrected chi connectivity index (χ3v) is 12.0. The quantitative estimate of drug-likeness (QED) is 0.0380. The molecule has 2 heterocycles. The monoisotopic (exact) mass is 944 g/mol. The van der Waals surface area contributed by atoms with E-state index in [9.17, 15) is 28.0 Å². The third-order valence-electron chi connectivity index (χ3n) is 10.0. The number of carbonyl (C=O) groups excluding carboxylic acids is 4. The molecule has 0 aliphatic heterocycles. The van der Waals surface area contributed by atoms with Gasteiger partial charge in [0.25, 0.3) is 0 Å². The number of Topliss-reactive ketones (excluding diaryl/α,β-unsaturated/α-hetero) is 2. The molecule has 2 aromatic heterocycles. The maximum Gasteiger partial charge on any atom is 0.240 e. The van der Waals surface area contributed by atoms with Gasteiger partial charge in [0, 0.05) is 96.5 Å². The average molecular weight is 945 g/mol. The Labute approximate surface area is 388 Å². The molecule has 6 rings (SSSR count). The fourth-order valence-electron chi connectivity index (χ4n) is 6.52. The number of carbonyl (C=O) groups is 4. The van der Waals surface area contributed by atoms with Crippen LogP contribution in [-0.4, -0.2) is 90.7 Å². The second kappa shape index (κ2) is 25.2. The Morgan fingerprint density at radius 1 is 0.515 bits per heavy atom. The molecule has 0 aliphatic carbocycles. The molecular weight excluding hydrogens is 895 g/mol. The Hall–Kier alpha value is -6.60. The van der Waals surface area contributed by atoms with Crippen LogP contribution in [0, 0.1) is 11.6 Å². The van der Waals surface area contributed by atoms with Gasteiger partial charge in [-0.2, -0.15) is 10.2 Å². The van der Waals surface area contributed by atoms with Crippen LogP contribution in [0.5, 0.6) is 23.0 Å². The van der Waals surface area contributed by atoms with Crippen LogP contribution in [0.15, 0.2) is 93.8 Å². The molecular formula is C48H50F2N4O10S2. The highest BCUT2D eigenvalue weighted by Crippen LogP contribution is 2.32. The zero-order chi connectivity index (χ0) is 47.6. The van der Waals surface area contributed by atoms with Gasteiger partial charge in [-0.05, 0) is 48.5 Å². The number of methoxy groups -OCH3 is 6. The third kappa shape index (κ3) is 13.2. The fourth-order valence-corrected chi connectivity index (χ4v) is 8.49. The van der Waals surface area contributed by atoms with Gasteiger partial charge in [-0.25, -0.2) is 19.6 Å². The summed E-state index contributed by atoms with van der Waals surface area (Å²) in [5.74, 6) is 0.132. The van der Waals surface area contributed by atoms with E-state index in [1.165, 1.54) is 63.2 Å².